The zero-order valence-corrected chi connectivity index (χ0v) is 15.4. The molecule has 0 aromatic carbocycles. The molecule has 0 amide bonds. The summed E-state index contributed by atoms with van der Waals surface area (Å²) < 4.78 is 7.26. The maximum Gasteiger partial charge on any atom is 0.157 e. The molecule has 2 saturated heterocycles. The quantitative estimate of drug-likeness (QED) is 0.691. The van der Waals surface area contributed by atoms with Crippen LogP contribution < -0.4 is 10.1 Å². The fourth-order valence-electron chi connectivity index (χ4n) is 3.78. The van der Waals surface area contributed by atoms with Gasteiger partial charge in [0.15, 0.2) is 5.82 Å². The van der Waals surface area contributed by atoms with E-state index in [0.717, 1.165) is 18.5 Å². The molecule has 11 heteroatoms. The summed E-state index contributed by atoms with van der Waals surface area (Å²) in [5, 5.41) is 23.7. The minimum absolute atomic E-state index is 0. The van der Waals surface area contributed by atoms with Crippen LogP contribution in [-0.4, -0.2) is 52.3 Å². The summed E-state index contributed by atoms with van der Waals surface area (Å²) in [6, 6.07) is 5.26. The molecule has 5 rings (SSSR count). The maximum absolute atomic E-state index is 5.77. The van der Waals surface area contributed by atoms with E-state index in [4.69, 9.17) is 4.74 Å². The second-order valence-electron chi connectivity index (χ2n) is 6.81. The molecule has 10 nitrogen and oxygen atoms in total. The van der Waals surface area contributed by atoms with Crippen molar-refractivity contribution in [3.63, 3.8) is 0 Å². The summed E-state index contributed by atoms with van der Waals surface area (Å²) in [5.41, 5.74) is 0.820. The lowest BCUT2D eigenvalue weighted by Crippen LogP contribution is -2.39. The number of piperidine rings is 1. The lowest BCUT2D eigenvalue weighted by atomic mass is 10.0. The number of hydrogen-bond donors (Lipinski definition) is 1. The lowest BCUT2D eigenvalue weighted by Gasteiger charge is -2.28. The Bertz CT molecular complexity index is 854. The molecule has 2 fully saturated rings. The minimum atomic E-state index is 0. The molecule has 2 unspecified atom stereocenters. The Hall–Kier alpha value is -2.59. The summed E-state index contributed by atoms with van der Waals surface area (Å²) in [6.07, 6.45) is 9.67. The Labute approximate surface area is 161 Å². The third kappa shape index (κ3) is 3.76. The van der Waals surface area contributed by atoms with Crippen LogP contribution in [0.3, 0.4) is 0 Å². The minimum Gasteiger partial charge on any atom is -0.486 e. The van der Waals surface area contributed by atoms with E-state index in [-0.39, 0.29) is 12.4 Å². The van der Waals surface area contributed by atoms with Crippen molar-refractivity contribution in [1.82, 2.24) is 45.5 Å². The van der Waals surface area contributed by atoms with E-state index in [2.05, 4.69) is 36.0 Å². The number of aromatic nitrogens is 8. The third-order valence-electron chi connectivity index (χ3n) is 5.02. The van der Waals surface area contributed by atoms with Crippen molar-refractivity contribution in [1.29, 1.82) is 0 Å². The largest absolute Gasteiger partial charge is 0.486 e. The lowest BCUT2D eigenvalue weighted by molar-refractivity contribution is 0.255. The van der Waals surface area contributed by atoms with Crippen LogP contribution in [0.4, 0.5) is 0 Å². The number of halogens is 1. The van der Waals surface area contributed by atoms with E-state index in [1.54, 1.807) is 18.5 Å². The first-order valence-corrected chi connectivity index (χ1v) is 8.82. The van der Waals surface area contributed by atoms with Gasteiger partial charge in [0, 0.05) is 12.1 Å². The molecule has 0 aliphatic carbocycles. The number of nitrogens with one attached hydrogen (secondary N) is 1. The Morgan fingerprint density at radius 3 is 2.70 bits per heavy atom. The number of tetrazole rings is 1. The highest BCUT2D eigenvalue weighted by Gasteiger charge is 2.35. The number of hydrogen-bond acceptors (Lipinski definition) is 8. The van der Waals surface area contributed by atoms with Gasteiger partial charge in [-0.25, -0.2) is 4.98 Å². The average Bonchev–Trinajstić information content (AvgIpc) is 3.42. The van der Waals surface area contributed by atoms with Gasteiger partial charge in [-0.15, -0.1) is 17.5 Å². The predicted molar refractivity (Wildman–Crippen MR) is 96.8 cm³/mol. The average molecular weight is 390 g/mol. The van der Waals surface area contributed by atoms with Crippen LogP contribution >= 0.6 is 12.4 Å². The van der Waals surface area contributed by atoms with Crippen LogP contribution in [0.5, 0.6) is 5.75 Å². The highest BCUT2D eigenvalue weighted by molar-refractivity contribution is 5.85. The van der Waals surface area contributed by atoms with Gasteiger partial charge < -0.3 is 10.1 Å². The van der Waals surface area contributed by atoms with E-state index >= 15 is 0 Å². The molecular formula is C16H20ClN9O. The van der Waals surface area contributed by atoms with Crippen LogP contribution in [-0.2, 0) is 6.61 Å². The summed E-state index contributed by atoms with van der Waals surface area (Å²) in [6.45, 7) is 0.365. The molecule has 0 radical (unpaired) electrons. The van der Waals surface area contributed by atoms with Crippen molar-refractivity contribution < 1.29 is 4.74 Å². The first kappa shape index (κ1) is 17.8. The first-order valence-electron chi connectivity index (χ1n) is 8.82. The molecule has 27 heavy (non-hydrogen) atoms. The van der Waals surface area contributed by atoms with Gasteiger partial charge in [-0.05, 0) is 48.2 Å². The van der Waals surface area contributed by atoms with Crippen LogP contribution in [0.25, 0.3) is 5.82 Å². The first-order chi connectivity index (χ1) is 12.8. The van der Waals surface area contributed by atoms with E-state index in [1.807, 2.05) is 10.9 Å². The standard InChI is InChI=1S/C16H19N9O.ClH/c1-2-12-6-14(5-11(1)20-12)25-19-7-13(21-25)9-26-15-3-4-16(17-8-15)24-10-18-22-23-24;/h3-4,7-8,10-12,14,20H,1-2,5-6,9H2;1H. The summed E-state index contributed by atoms with van der Waals surface area (Å²) in [5.74, 6) is 1.30. The number of fused-ring (bicyclic) bond motifs is 2. The van der Waals surface area contributed by atoms with Gasteiger partial charge in [0.2, 0.25) is 0 Å². The fourth-order valence-corrected chi connectivity index (χ4v) is 3.78. The zero-order valence-electron chi connectivity index (χ0n) is 14.5. The van der Waals surface area contributed by atoms with Gasteiger partial charge in [0.25, 0.3) is 0 Å². The SMILES string of the molecule is Cl.c1cc(-n2cnnn2)ncc1OCc1cnn(C2CC3CCC(C2)N3)n1. The van der Waals surface area contributed by atoms with Gasteiger partial charge in [0.1, 0.15) is 24.4 Å². The molecule has 2 bridgehead atoms. The van der Waals surface area contributed by atoms with E-state index in [1.165, 1.54) is 23.9 Å². The Morgan fingerprint density at radius 2 is 2.00 bits per heavy atom. The third-order valence-corrected chi connectivity index (χ3v) is 5.02. The maximum atomic E-state index is 5.77. The van der Waals surface area contributed by atoms with E-state index in [9.17, 15) is 0 Å². The molecule has 142 valence electrons. The summed E-state index contributed by atoms with van der Waals surface area (Å²) >= 11 is 0. The smallest absolute Gasteiger partial charge is 0.157 e. The Kier molecular flexibility index (Phi) is 4.99. The highest BCUT2D eigenvalue weighted by Crippen LogP contribution is 2.33. The summed E-state index contributed by atoms with van der Waals surface area (Å²) in [4.78, 5) is 6.15. The van der Waals surface area contributed by atoms with Crippen LogP contribution in [0.15, 0.2) is 30.9 Å². The van der Waals surface area contributed by atoms with Gasteiger partial charge in [-0.2, -0.15) is 19.7 Å². The molecule has 2 aliphatic heterocycles. The molecule has 2 atom stereocenters. The van der Waals surface area contributed by atoms with Gasteiger partial charge >= 0.3 is 0 Å². The van der Waals surface area contributed by atoms with Gasteiger partial charge in [-0.1, -0.05) is 0 Å². The van der Waals surface area contributed by atoms with Crippen molar-refractivity contribution in [2.24, 2.45) is 0 Å². The molecule has 1 N–H and O–H groups in total. The van der Waals surface area contributed by atoms with E-state index < -0.39 is 0 Å². The number of rotatable bonds is 5. The highest BCUT2D eigenvalue weighted by atomic mass is 35.5. The zero-order chi connectivity index (χ0) is 17.3. The van der Waals surface area contributed by atoms with E-state index in [0.29, 0.717) is 36.3 Å². The molecule has 2 aliphatic rings. The normalized spacial score (nSPS) is 23.8. The van der Waals surface area contributed by atoms with Crippen LogP contribution in [0.1, 0.15) is 37.4 Å². The van der Waals surface area contributed by atoms with Gasteiger partial charge in [-0.3, -0.25) is 0 Å². The van der Waals surface area contributed by atoms with Crippen molar-refractivity contribution in [3.8, 4) is 11.6 Å². The van der Waals surface area contributed by atoms with Crippen molar-refractivity contribution >= 4 is 12.4 Å². The van der Waals surface area contributed by atoms with Crippen molar-refractivity contribution in [2.45, 2.75) is 50.4 Å². The number of nitrogens with zero attached hydrogens (tertiary/aromatic N) is 8. The molecule has 5 heterocycles. The monoisotopic (exact) mass is 389 g/mol. The predicted octanol–water partition coefficient (Wildman–Crippen LogP) is 1.11. The molecule has 3 aromatic rings. The van der Waals surface area contributed by atoms with Crippen molar-refractivity contribution in [2.75, 3.05) is 0 Å². The number of ether oxygens (including phenoxy) is 1. The Morgan fingerprint density at radius 1 is 1.15 bits per heavy atom. The Balaban J connectivity index is 0.00000180. The summed E-state index contributed by atoms with van der Waals surface area (Å²) in [7, 11) is 0. The molecule has 0 saturated carbocycles. The van der Waals surface area contributed by atoms with Crippen LogP contribution in [0, 0.1) is 0 Å². The molecule has 0 spiro atoms. The fraction of sp³-hybridized carbons (Fsp3) is 0.500. The molecule has 3 aromatic heterocycles. The molecular weight excluding hydrogens is 370 g/mol. The van der Waals surface area contributed by atoms with Crippen LogP contribution in [0.2, 0.25) is 0 Å². The van der Waals surface area contributed by atoms with Crippen molar-refractivity contribution in [3.05, 3.63) is 36.5 Å². The topological polar surface area (TPSA) is 108 Å². The van der Waals surface area contributed by atoms with Gasteiger partial charge in [0.05, 0.1) is 18.4 Å². The number of pyridine rings is 1. The second kappa shape index (κ2) is 7.57. The second-order valence-corrected chi connectivity index (χ2v) is 6.81.